The summed E-state index contributed by atoms with van der Waals surface area (Å²) in [6.45, 7) is 7.40. The van der Waals surface area contributed by atoms with E-state index in [2.05, 4.69) is 9.80 Å². The van der Waals surface area contributed by atoms with Gasteiger partial charge in [-0.05, 0) is 38.8 Å². The lowest BCUT2D eigenvalue weighted by Gasteiger charge is -2.36. The van der Waals surface area contributed by atoms with Gasteiger partial charge in [-0.1, -0.05) is 0 Å². The van der Waals surface area contributed by atoms with Crippen molar-refractivity contribution in [3.8, 4) is 0 Å². The van der Waals surface area contributed by atoms with Gasteiger partial charge in [0.25, 0.3) is 0 Å². The molecule has 2 rings (SSSR count). The second-order valence-electron chi connectivity index (χ2n) is 5.38. The van der Waals surface area contributed by atoms with Gasteiger partial charge in [-0.3, -0.25) is 9.98 Å². The molecule has 0 aliphatic carbocycles. The number of rotatable bonds is 7. The van der Waals surface area contributed by atoms with Crippen molar-refractivity contribution in [1.29, 1.82) is 0 Å². The van der Waals surface area contributed by atoms with E-state index in [1.54, 1.807) is 0 Å². The lowest BCUT2D eigenvalue weighted by molar-refractivity contribution is 0.366. The summed E-state index contributed by atoms with van der Waals surface area (Å²) in [5.41, 5.74) is 11.3. The Bertz CT molecular complexity index is 318. The minimum absolute atomic E-state index is 0.729. The minimum Gasteiger partial charge on any atom is -0.354 e. The molecular formula is C14H28N6. The van der Waals surface area contributed by atoms with Crippen LogP contribution in [0.2, 0.25) is 0 Å². The van der Waals surface area contributed by atoms with Gasteiger partial charge in [-0.2, -0.15) is 0 Å². The fourth-order valence-corrected chi connectivity index (χ4v) is 2.73. The van der Waals surface area contributed by atoms with Crippen molar-refractivity contribution in [3.63, 3.8) is 0 Å². The zero-order chi connectivity index (χ0) is 14.2. The molecular weight excluding hydrogens is 252 g/mol. The Hall–Kier alpha value is -1.14. The predicted octanol–water partition coefficient (Wildman–Crippen LogP) is -0.108. The average molecular weight is 280 g/mol. The molecule has 0 saturated heterocycles. The summed E-state index contributed by atoms with van der Waals surface area (Å²) in [5, 5.41) is 0. The van der Waals surface area contributed by atoms with Gasteiger partial charge < -0.3 is 21.3 Å². The van der Waals surface area contributed by atoms with Crippen LogP contribution in [0.15, 0.2) is 9.98 Å². The first-order valence-electron chi connectivity index (χ1n) is 7.86. The van der Waals surface area contributed by atoms with Crippen LogP contribution in [0, 0.1) is 0 Å². The Morgan fingerprint density at radius 3 is 1.65 bits per heavy atom. The number of hydrogen-bond acceptors (Lipinski definition) is 6. The van der Waals surface area contributed by atoms with Crippen LogP contribution in [0.25, 0.3) is 0 Å². The van der Waals surface area contributed by atoms with Crippen LogP contribution in [0.5, 0.6) is 0 Å². The van der Waals surface area contributed by atoms with Crippen LogP contribution in [-0.4, -0.2) is 73.8 Å². The first-order chi connectivity index (χ1) is 9.86. The van der Waals surface area contributed by atoms with E-state index in [0.29, 0.717) is 0 Å². The summed E-state index contributed by atoms with van der Waals surface area (Å²) in [4.78, 5) is 14.2. The monoisotopic (exact) mass is 280 g/mol. The molecule has 0 aromatic carbocycles. The van der Waals surface area contributed by atoms with Crippen LogP contribution in [0.1, 0.15) is 25.7 Å². The third-order valence-corrected chi connectivity index (χ3v) is 3.76. The normalized spacial score (nSPS) is 19.9. The SMILES string of the molecule is NCCCN1CCCN=C1C1=NCCCN1CCCN. The minimum atomic E-state index is 0.729. The highest BCUT2D eigenvalue weighted by Crippen LogP contribution is 2.12. The van der Waals surface area contributed by atoms with E-state index in [1.165, 1.54) is 0 Å². The van der Waals surface area contributed by atoms with Crippen LogP contribution in [-0.2, 0) is 0 Å². The van der Waals surface area contributed by atoms with Gasteiger partial charge in [-0.15, -0.1) is 0 Å². The Morgan fingerprint density at radius 1 is 0.800 bits per heavy atom. The highest BCUT2D eigenvalue weighted by Gasteiger charge is 2.25. The maximum atomic E-state index is 5.64. The van der Waals surface area contributed by atoms with Crippen LogP contribution < -0.4 is 11.5 Å². The molecule has 6 nitrogen and oxygen atoms in total. The molecule has 6 heteroatoms. The number of amidine groups is 2. The van der Waals surface area contributed by atoms with Gasteiger partial charge in [0.15, 0.2) is 11.7 Å². The second kappa shape index (κ2) is 8.21. The number of nitrogens with zero attached hydrogens (tertiary/aromatic N) is 4. The molecule has 0 aromatic rings. The van der Waals surface area contributed by atoms with Gasteiger partial charge in [0.2, 0.25) is 0 Å². The molecule has 20 heavy (non-hydrogen) atoms. The zero-order valence-electron chi connectivity index (χ0n) is 12.4. The molecule has 0 aromatic heterocycles. The van der Waals surface area contributed by atoms with E-state index in [9.17, 15) is 0 Å². The Labute approximate surface area is 121 Å². The van der Waals surface area contributed by atoms with Crippen molar-refractivity contribution in [1.82, 2.24) is 9.80 Å². The second-order valence-corrected chi connectivity index (χ2v) is 5.38. The fraction of sp³-hybridized carbons (Fsp3) is 0.857. The largest absolute Gasteiger partial charge is 0.354 e. The molecule has 2 heterocycles. The molecule has 4 N–H and O–H groups in total. The molecule has 0 saturated carbocycles. The third-order valence-electron chi connectivity index (χ3n) is 3.76. The number of nitrogens with two attached hydrogens (primary N) is 2. The van der Waals surface area contributed by atoms with Gasteiger partial charge in [-0.25, -0.2) is 0 Å². The van der Waals surface area contributed by atoms with Crippen molar-refractivity contribution in [2.24, 2.45) is 21.5 Å². The quantitative estimate of drug-likeness (QED) is 0.682. The highest BCUT2D eigenvalue weighted by atomic mass is 15.3. The summed E-state index contributed by atoms with van der Waals surface area (Å²) in [6, 6.07) is 0. The van der Waals surface area contributed by atoms with E-state index in [1.807, 2.05) is 0 Å². The van der Waals surface area contributed by atoms with Crippen LogP contribution in [0.4, 0.5) is 0 Å². The lowest BCUT2D eigenvalue weighted by atomic mass is 10.2. The first kappa shape index (κ1) is 15.3. The summed E-state index contributed by atoms with van der Waals surface area (Å²) >= 11 is 0. The molecule has 0 atom stereocenters. The van der Waals surface area contributed by atoms with Gasteiger partial charge in [0.05, 0.1) is 0 Å². The van der Waals surface area contributed by atoms with Gasteiger partial charge in [0.1, 0.15) is 0 Å². The van der Waals surface area contributed by atoms with Crippen molar-refractivity contribution in [2.45, 2.75) is 25.7 Å². The van der Waals surface area contributed by atoms with Gasteiger partial charge in [0, 0.05) is 39.3 Å². The molecule has 0 unspecified atom stereocenters. The summed E-state index contributed by atoms with van der Waals surface area (Å²) in [5.74, 6) is 2.17. The smallest absolute Gasteiger partial charge is 0.166 e. The molecule has 2 aliphatic rings. The summed E-state index contributed by atoms with van der Waals surface area (Å²) in [7, 11) is 0. The number of aliphatic imine (C=N–C) groups is 2. The van der Waals surface area contributed by atoms with Crippen molar-refractivity contribution in [3.05, 3.63) is 0 Å². The lowest BCUT2D eigenvalue weighted by Crippen LogP contribution is -2.50. The van der Waals surface area contributed by atoms with E-state index < -0.39 is 0 Å². The topological polar surface area (TPSA) is 83.2 Å². The van der Waals surface area contributed by atoms with Crippen molar-refractivity contribution >= 4 is 11.7 Å². The molecule has 0 radical (unpaired) electrons. The number of hydrogen-bond donors (Lipinski definition) is 2. The molecule has 0 amide bonds. The molecule has 0 fully saturated rings. The van der Waals surface area contributed by atoms with Gasteiger partial charge >= 0.3 is 0 Å². The molecule has 114 valence electrons. The summed E-state index contributed by atoms with van der Waals surface area (Å²) < 4.78 is 0. The maximum Gasteiger partial charge on any atom is 0.166 e. The molecule has 0 bridgehead atoms. The fourth-order valence-electron chi connectivity index (χ4n) is 2.73. The Balaban J connectivity index is 2.08. The zero-order valence-corrected chi connectivity index (χ0v) is 12.4. The van der Waals surface area contributed by atoms with Crippen molar-refractivity contribution in [2.75, 3.05) is 52.4 Å². The van der Waals surface area contributed by atoms with E-state index in [-0.39, 0.29) is 0 Å². The predicted molar refractivity (Wildman–Crippen MR) is 84.3 cm³/mol. The standard InChI is InChI=1S/C14H28N6/c15-5-1-9-19-11-3-7-17-13(19)14-18-8-4-12-20(14)10-2-6-16/h1-12,15-16H2. The Kier molecular flexibility index (Phi) is 6.26. The third kappa shape index (κ3) is 3.93. The average Bonchev–Trinajstić information content (AvgIpc) is 2.51. The molecule has 2 aliphatic heterocycles. The van der Waals surface area contributed by atoms with Crippen LogP contribution >= 0.6 is 0 Å². The van der Waals surface area contributed by atoms with Crippen molar-refractivity contribution < 1.29 is 0 Å². The molecule has 0 spiro atoms. The highest BCUT2D eigenvalue weighted by molar-refractivity contribution is 6.40. The Morgan fingerprint density at radius 2 is 1.25 bits per heavy atom. The van der Waals surface area contributed by atoms with E-state index in [0.717, 1.165) is 89.7 Å². The van der Waals surface area contributed by atoms with E-state index >= 15 is 0 Å². The maximum absolute atomic E-state index is 5.64. The van der Waals surface area contributed by atoms with Crippen LogP contribution in [0.3, 0.4) is 0 Å². The first-order valence-corrected chi connectivity index (χ1v) is 7.86. The summed E-state index contributed by atoms with van der Waals surface area (Å²) in [6.07, 6.45) is 4.28. The van der Waals surface area contributed by atoms with E-state index in [4.69, 9.17) is 21.5 Å².